The Labute approximate surface area is 195 Å². The summed E-state index contributed by atoms with van der Waals surface area (Å²) in [5, 5.41) is 4.17. The lowest BCUT2D eigenvalue weighted by atomic mass is 10.0. The van der Waals surface area contributed by atoms with Crippen molar-refractivity contribution in [2.75, 3.05) is 26.1 Å². The molecule has 10 heteroatoms. The van der Waals surface area contributed by atoms with E-state index in [1.54, 1.807) is 24.3 Å². The zero-order valence-corrected chi connectivity index (χ0v) is 18.8. The highest BCUT2D eigenvalue weighted by Gasteiger charge is 2.17. The summed E-state index contributed by atoms with van der Waals surface area (Å²) in [6, 6.07) is 15.0. The Morgan fingerprint density at radius 1 is 0.824 bits per heavy atom. The minimum absolute atomic E-state index is 0.0936. The first kappa shape index (κ1) is 24.1. The van der Waals surface area contributed by atoms with Gasteiger partial charge in [0.2, 0.25) is 5.91 Å². The summed E-state index contributed by atoms with van der Waals surface area (Å²) in [5.41, 5.74) is 4.97. The van der Waals surface area contributed by atoms with Crippen LogP contribution in [0, 0.1) is 0 Å². The molecule has 3 aromatic rings. The third-order valence-corrected chi connectivity index (χ3v) is 4.71. The largest absolute Gasteiger partial charge is 0.493 e. The summed E-state index contributed by atoms with van der Waals surface area (Å²) in [6.07, 6.45) is 0. The number of benzene rings is 3. The normalized spacial score (nSPS) is 10.2. The van der Waals surface area contributed by atoms with Gasteiger partial charge in [-0.25, -0.2) is 4.79 Å². The molecule has 0 aliphatic rings. The molecule has 3 aromatic carbocycles. The Bertz CT molecular complexity index is 1260. The van der Waals surface area contributed by atoms with Crippen LogP contribution in [0.25, 0.3) is 10.8 Å². The molecule has 0 saturated carbocycles. The topological polar surface area (TPSA) is 132 Å². The summed E-state index contributed by atoms with van der Waals surface area (Å²) in [4.78, 5) is 48.5. The van der Waals surface area contributed by atoms with Crippen molar-refractivity contribution in [2.24, 2.45) is 0 Å². The number of hydrogen-bond acceptors (Lipinski definition) is 7. The highest BCUT2D eigenvalue weighted by atomic mass is 16.5. The van der Waals surface area contributed by atoms with Crippen molar-refractivity contribution in [3.05, 3.63) is 65.7 Å². The maximum Gasteiger partial charge on any atom is 0.340 e. The third-order valence-electron chi connectivity index (χ3n) is 4.71. The molecule has 176 valence electrons. The Morgan fingerprint density at radius 2 is 1.50 bits per heavy atom. The van der Waals surface area contributed by atoms with Crippen LogP contribution in [0.2, 0.25) is 0 Å². The van der Waals surface area contributed by atoms with Crippen LogP contribution in [0.4, 0.5) is 5.69 Å². The standard InChI is InChI=1S/C24H23N3O7/c1-14(28)25-19-11-16-7-5-4-6-15(16)10-18(19)24(31)34-13-22(29)26-27-23(30)17-8-9-20(32-2)21(12-17)33-3/h4-12H,13H2,1-3H3,(H,25,28)(H,26,29)(H,27,30). The van der Waals surface area contributed by atoms with E-state index < -0.39 is 24.4 Å². The smallest absolute Gasteiger partial charge is 0.340 e. The lowest BCUT2D eigenvalue weighted by Crippen LogP contribution is -2.43. The van der Waals surface area contributed by atoms with Crippen molar-refractivity contribution in [3.8, 4) is 11.5 Å². The minimum atomic E-state index is -0.809. The molecular weight excluding hydrogens is 442 g/mol. The second-order valence-corrected chi connectivity index (χ2v) is 7.07. The third kappa shape index (κ3) is 5.80. The molecule has 0 spiro atoms. The lowest BCUT2D eigenvalue weighted by molar-refractivity contribution is -0.125. The van der Waals surface area contributed by atoms with Gasteiger partial charge in [0.1, 0.15) is 0 Å². The number of rotatable bonds is 7. The van der Waals surface area contributed by atoms with E-state index in [1.807, 2.05) is 18.2 Å². The number of fused-ring (bicyclic) bond motifs is 1. The molecule has 0 heterocycles. The molecule has 0 unspecified atom stereocenters. The maximum absolute atomic E-state index is 12.6. The fraction of sp³-hybridized carbons (Fsp3) is 0.167. The van der Waals surface area contributed by atoms with Gasteiger partial charge in [-0.05, 0) is 41.1 Å². The van der Waals surface area contributed by atoms with Gasteiger partial charge in [-0.1, -0.05) is 24.3 Å². The fourth-order valence-electron chi connectivity index (χ4n) is 3.12. The van der Waals surface area contributed by atoms with Gasteiger partial charge in [-0.2, -0.15) is 0 Å². The molecule has 3 amide bonds. The lowest BCUT2D eigenvalue weighted by Gasteiger charge is -2.13. The molecule has 0 aliphatic heterocycles. The molecule has 0 atom stereocenters. The molecule has 0 fully saturated rings. The number of hydrogen-bond donors (Lipinski definition) is 3. The quantitative estimate of drug-likeness (QED) is 0.361. The average molecular weight is 465 g/mol. The van der Waals surface area contributed by atoms with Gasteiger partial charge >= 0.3 is 5.97 Å². The predicted molar refractivity (Wildman–Crippen MR) is 124 cm³/mol. The van der Waals surface area contributed by atoms with Crippen molar-refractivity contribution >= 4 is 40.2 Å². The zero-order valence-electron chi connectivity index (χ0n) is 18.8. The molecule has 34 heavy (non-hydrogen) atoms. The van der Waals surface area contributed by atoms with E-state index in [0.717, 1.165) is 10.8 Å². The Morgan fingerprint density at radius 3 is 2.15 bits per heavy atom. The summed E-state index contributed by atoms with van der Waals surface area (Å²) in [6.45, 7) is 0.663. The highest BCUT2D eigenvalue weighted by molar-refractivity contribution is 6.06. The molecule has 0 aliphatic carbocycles. The first-order valence-corrected chi connectivity index (χ1v) is 10.1. The van der Waals surface area contributed by atoms with Gasteiger partial charge in [0, 0.05) is 12.5 Å². The molecule has 0 bridgehead atoms. The summed E-state index contributed by atoms with van der Waals surface area (Å²) < 4.78 is 15.3. The number of ether oxygens (including phenoxy) is 3. The Hall–Kier alpha value is -4.60. The van der Waals surface area contributed by atoms with E-state index in [-0.39, 0.29) is 22.7 Å². The number of nitrogens with one attached hydrogen (secondary N) is 3. The summed E-state index contributed by atoms with van der Waals surface area (Å²) >= 11 is 0. The molecule has 3 rings (SSSR count). The van der Waals surface area contributed by atoms with Crippen LogP contribution in [0.3, 0.4) is 0 Å². The van der Waals surface area contributed by atoms with E-state index in [1.165, 1.54) is 33.3 Å². The molecular formula is C24H23N3O7. The minimum Gasteiger partial charge on any atom is -0.493 e. The van der Waals surface area contributed by atoms with Crippen molar-refractivity contribution in [1.29, 1.82) is 0 Å². The second kappa shape index (κ2) is 10.8. The summed E-state index contributed by atoms with van der Waals surface area (Å²) in [5.74, 6) is -1.74. The first-order chi connectivity index (χ1) is 16.3. The van der Waals surface area contributed by atoms with E-state index in [4.69, 9.17) is 14.2 Å². The SMILES string of the molecule is COc1ccc(C(=O)NNC(=O)COC(=O)c2cc3ccccc3cc2NC(C)=O)cc1OC. The van der Waals surface area contributed by atoms with Gasteiger partial charge in [0.15, 0.2) is 18.1 Å². The highest BCUT2D eigenvalue weighted by Crippen LogP contribution is 2.27. The predicted octanol–water partition coefficient (Wildman–Crippen LogP) is 2.43. The number of methoxy groups -OCH3 is 2. The van der Waals surface area contributed by atoms with Crippen molar-refractivity contribution in [3.63, 3.8) is 0 Å². The number of carbonyl (C=O) groups excluding carboxylic acids is 4. The average Bonchev–Trinajstić information content (AvgIpc) is 2.84. The number of hydrazine groups is 1. The van der Waals surface area contributed by atoms with Gasteiger partial charge in [-0.3, -0.25) is 25.2 Å². The fourth-order valence-corrected chi connectivity index (χ4v) is 3.12. The van der Waals surface area contributed by atoms with E-state index in [0.29, 0.717) is 11.5 Å². The van der Waals surface area contributed by atoms with E-state index in [2.05, 4.69) is 16.2 Å². The number of amides is 3. The number of anilines is 1. The van der Waals surface area contributed by atoms with Crippen molar-refractivity contribution in [1.82, 2.24) is 10.9 Å². The van der Waals surface area contributed by atoms with Gasteiger partial charge in [0.05, 0.1) is 25.5 Å². The van der Waals surface area contributed by atoms with Crippen LogP contribution in [0.15, 0.2) is 54.6 Å². The Kier molecular flexibility index (Phi) is 7.65. The van der Waals surface area contributed by atoms with Gasteiger partial charge in [-0.15, -0.1) is 0 Å². The van der Waals surface area contributed by atoms with E-state index >= 15 is 0 Å². The van der Waals surface area contributed by atoms with Crippen LogP contribution in [-0.2, 0) is 14.3 Å². The monoisotopic (exact) mass is 465 g/mol. The zero-order chi connectivity index (χ0) is 24.7. The first-order valence-electron chi connectivity index (χ1n) is 10.1. The van der Waals surface area contributed by atoms with Crippen LogP contribution in [-0.4, -0.2) is 44.5 Å². The number of esters is 1. The van der Waals surface area contributed by atoms with Crippen molar-refractivity contribution < 1.29 is 33.4 Å². The van der Waals surface area contributed by atoms with Crippen molar-refractivity contribution in [2.45, 2.75) is 6.92 Å². The van der Waals surface area contributed by atoms with E-state index in [9.17, 15) is 19.2 Å². The molecule has 0 radical (unpaired) electrons. The van der Waals surface area contributed by atoms with Gasteiger partial charge < -0.3 is 19.5 Å². The van der Waals surface area contributed by atoms with Crippen LogP contribution in [0.5, 0.6) is 11.5 Å². The molecule has 0 saturated heterocycles. The van der Waals surface area contributed by atoms with Gasteiger partial charge in [0.25, 0.3) is 11.8 Å². The molecule has 10 nitrogen and oxygen atoms in total. The summed E-state index contributed by atoms with van der Waals surface area (Å²) in [7, 11) is 2.90. The van der Waals surface area contributed by atoms with Crippen LogP contribution < -0.4 is 25.6 Å². The molecule has 3 N–H and O–H groups in total. The maximum atomic E-state index is 12.6. The Balaban J connectivity index is 1.62. The second-order valence-electron chi connectivity index (χ2n) is 7.07. The molecule has 0 aromatic heterocycles. The number of carbonyl (C=O) groups is 4. The van der Waals surface area contributed by atoms with Crippen LogP contribution >= 0.6 is 0 Å². The van der Waals surface area contributed by atoms with Crippen LogP contribution in [0.1, 0.15) is 27.6 Å².